The smallest absolute Gasteiger partial charge is 0.256 e. The molecule has 2 amide bonds. The summed E-state index contributed by atoms with van der Waals surface area (Å²) in [6.07, 6.45) is 2.73. The summed E-state index contributed by atoms with van der Waals surface area (Å²) in [5, 5.41) is 3.06. The van der Waals surface area contributed by atoms with Gasteiger partial charge in [0.1, 0.15) is 0 Å². The standard InChI is InChI=1S/C30H27N3O2.ClH/c1-20-6-9-22(10-7-20)27-17-21(2)8-12-26(27)30(35)32-25-11-13-28-23(18-25)14-16-33(28)29(34)19-24-5-3-4-15-31-24;/h3-13,15,17-18H,14,16,19H2,1-2H3,(H,32,35);1H. The summed E-state index contributed by atoms with van der Waals surface area (Å²) in [4.78, 5) is 32.2. The zero-order chi connectivity index (χ0) is 24.4. The number of aromatic nitrogens is 1. The number of fused-ring (bicyclic) bond motifs is 1. The van der Waals surface area contributed by atoms with Gasteiger partial charge in [-0.1, -0.05) is 53.6 Å². The fraction of sp³-hybridized carbons (Fsp3) is 0.167. The third-order valence-corrected chi connectivity index (χ3v) is 6.37. The molecule has 0 bridgehead atoms. The van der Waals surface area contributed by atoms with Crippen molar-refractivity contribution in [1.29, 1.82) is 0 Å². The van der Waals surface area contributed by atoms with Crippen molar-refractivity contribution in [3.63, 3.8) is 0 Å². The normalized spacial score (nSPS) is 12.0. The van der Waals surface area contributed by atoms with Gasteiger partial charge in [-0.2, -0.15) is 0 Å². The van der Waals surface area contributed by atoms with Crippen LogP contribution in [0.25, 0.3) is 11.1 Å². The molecule has 0 aliphatic carbocycles. The summed E-state index contributed by atoms with van der Waals surface area (Å²) in [7, 11) is 0. The van der Waals surface area contributed by atoms with E-state index in [-0.39, 0.29) is 30.6 Å². The average molecular weight is 498 g/mol. The Balaban J connectivity index is 0.00000304. The number of nitrogens with zero attached hydrogens (tertiary/aromatic N) is 2. The lowest BCUT2D eigenvalue weighted by Crippen LogP contribution is -2.30. The van der Waals surface area contributed by atoms with E-state index in [0.29, 0.717) is 12.1 Å². The first-order valence-corrected chi connectivity index (χ1v) is 11.8. The van der Waals surface area contributed by atoms with Gasteiger partial charge in [0.05, 0.1) is 6.42 Å². The van der Waals surface area contributed by atoms with E-state index in [9.17, 15) is 9.59 Å². The summed E-state index contributed by atoms with van der Waals surface area (Å²) >= 11 is 0. The predicted molar refractivity (Wildman–Crippen MR) is 147 cm³/mol. The largest absolute Gasteiger partial charge is 0.322 e. The third-order valence-electron chi connectivity index (χ3n) is 6.37. The van der Waals surface area contributed by atoms with Gasteiger partial charge in [0.15, 0.2) is 0 Å². The molecule has 0 radical (unpaired) electrons. The van der Waals surface area contributed by atoms with Gasteiger partial charge in [0.2, 0.25) is 5.91 Å². The number of nitrogens with one attached hydrogen (secondary N) is 1. The quantitative estimate of drug-likeness (QED) is 0.358. The number of aryl methyl sites for hydroxylation is 2. The Morgan fingerprint density at radius 3 is 2.44 bits per heavy atom. The van der Waals surface area contributed by atoms with E-state index in [1.807, 2.05) is 78.6 Å². The lowest BCUT2D eigenvalue weighted by Gasteiger charge is -2.18. The highest BCUT2D eigenvalue weighted by molar-refractivity contribution is 6.09. The van der Waals surface area contributed by atoms with Crippen LogP contribution in [-0.4, -0.2) is 23.3 Å². The zero-order valence-corrected chi connectivity index (χ0v) is 21.1. The number of hydrogen-bond acceptors (Lipinski definition) is 3. The zero-order valence-electron chi connectivity index (χ0n) is 20.3. The summed E-state index contributed by atoms with van der Waals surface area (Å²) in [6, 6.07) is 25.5. The highest BCUT2D eigenvalue weighted by atomic mass is 35.5. The Kier molecular flexibility index (Phi) is 7.51. The Morgan fingerprint density at radius 2 is 1.69 bits per heavy atom. The van der Waals surface area contributed by atoms with Crippen molar-refractivity contribution in [2.75, 3.05) is 16.8 Å². The van der Waals surface area contributed by atoms with Gasteiger partial charge < -0.3 is 10.2 Å². The molecule has 0 atom stereocenters. The van der Waals surface area contributed by atoms with Crippen LogP contribution in [0.3, 0.4) is 0 Å². The molecule has 0 spiro atoms. The number of rotatable bonds is 5. The molecule has 36 heavy (non-hydrogen) atoms. The van der Waals surface area contributed by atoms with Gasteiger partial charge in [-0.15, -0.1) is 12.4 Å². The minimum atomic E-state index is -0.151. The Hall–Kier alpha value is -3.96. The Labute approximate surface area is 217 Å². The second kappa shape index (κ2) is 10.8. The molecule has 0 fully saturated rings. The molecule has 1 aliphatic rings. The maximum Gasteiger partial charge on any atom is 0.256 e. The second-order valence-electron chi connectivity index (χ2n) is 9.01. The molecule has 4 aromatic rings. The molecule has 1 N–H and O–H groups in total. The number of carbonyl (C=O) groups excluding carboxylic acids is 2. The van der Waals surface area contributed by atoms with Crippen molar-refractivity contribution < 1.29 is 9.59 Å². The average Bonchev–Trinajstić information content (AvgIpc) is 3.28. The summed E-state index contributed by atoms with van der Waals surface area (Å²) in [5.41, 5.74) is 8.28. The summed E-state index contributed by atoms with van der Waals surface area (Å²) in [5.74, 6) is -0.122. The molecule has 2 heterocycles. The lowest BCUT2D eigenvalue weighted by molar-refractivity contribution is -0.117. The van der Waals surface area contributed by atoms with Crippen molar-refractivity contribution in [3.05, 3.63) is 113 Å². The van der Waals surface area contributed by atoms with Gasteiger partial charge in [-0.25, -0.2) is 0 Å². The molecule has 3 aromatic carbocycles. The van der Waals surface area contributed by atoms with Crippen molar-refractivity contribution in [3.8, 4) is 11.1 Å². The van der Waals surface area contributed by atoms with Gasteiger partial charge in [-0.3, -0.25) is 14.6 Å². The minimum Gasteiger partial charge on any atom is -0.322 e. The monoisotopic (exact) mass is 497 g/mol. The van der Waals surface area contributed by atoms with E-state index >= 15 is 0 Å². The number of halogens is 1. The summed E-state index contributed by atoms with van der Waals surface area (Å²) in [6.45, 7) is 4.71. The molecular weight excluding hydrogens is 470 g/mol. The number of amides is 2. The van der Waals surface area contributed by atoms with Gasteiger partial charge in [0, 0.05) is 35.4 Å². The molecule has 1 aromatic heterocycles. The first-order valence-electron chi connectivity index (χ1n) is 11.8. The van der Waals surface area contributed by atoms with E-state index in [1.54, 1.807) is 6.20 Å². The van der Waals surface area contributed by atoms with Crippen molar-refractivity contribution in [2.24, 2.45) is 0 Å². The van der Waals surface area contributed by atoms with Gasteiger partial charge in [0.25, 0.3) is 5.91 Å². The number of pyridine rings is 1. The SMILES string of the molecule is Cc1ccc(-c2cc(C)ccc2C(=O)Nc2ccc3c(c2)CCN3C(=O)Cc2ccccn2)cc1.Cl. The molecule has 5 nitrogen and oxygen atoms in total. The molecule has 1 aliphatic heterocycles. The number of anilines is 2. The molecule has 0 unspecified atom stereocenters. The van der Waals surface area contributed by atoms with Crippen molar-refractivity contribution in [1.82, 2.24) is 4.98 Å². The van der Waals surface area contributed by atoms with Crippen LogP contribution in [0.1, 0.15) is 32.7 Å². The maximum atomic E-state index is 13.3. The van der Waals surface area contributed by atoms with E-state index < -0.39 is 0 Å². The predicted octanol–water partition coefficient (Wildman–Crippen LogP) is 6.17. The first-order chi connectivity index (χ1) is 17.0. The third kappa shape index (κ3) is 5.31. The molecule has 0 saturated carbocycles. The molecular formula is C30H28ClN3O2. The van der Waals surface area contributed by atoms with E-state index in [2.05, 4.69) is 29.4 Å². The van der Waals surface area contributed by atoms with Crippen LogP contribution in [0.2, 0.25) is 0 Å². The first kappa shape index (κ1) is 25.1. The minimum absolute atomic E-state index is 0. The second-order valence-corrected chi connectivity index (χ2v) is 9.01. The Bertz CT molecular complexity index is 1400. The van der Waals surface area contributed by atoms with E-state index in [0.717, 1.165) is 45.7 Å². The van der Waals surface area contributed by atoms with E-state index in [1.165, 1.54) is 5.56 Å². The van der Waals surface area contributed by atoms with Crippen LogP contribution in [0.15, 0.2) is 85.1 Å². The van der Waals surface area contributed by atoms with Crippen LogP contribution in [0.5, 0.6) is 0 Å². The van der Waals surface area contributed by atoms with Crippen molar-refractivity contribution >= 4 is 35.6 Å². The van der Waals surface area contributed by atoms with Crippen LogP contribution < -0.4 is 10.2 Å². The molecule has 182 valence electrons. The van der Waals surface area contributed by atoms with Gasteiger partial charge >= 0.3 is 0 Å². The topological polar surface area (TPSA) is 62.3 Å². The van der Waals surface area contributed by atoms with Crippen LogP contribution >= 0.6 is 12.4 Å². The fourth-order valence-electron chi connectivity index (χ4n) is 4.52. The molecule has 5 rings (SSSR count). The number of benzene rings is 3. The van der Waals surface area contributed by atoms with Crippen LogP contribution in [0, 0.1) is 13.8 Å². The Morgan fingerprint density at radius 1 is 0.917 bits per heavy atom. The van der Waals surface area contributed by atoms with Crippen LogP contribution in [-0.2, 0) is 17.6 Å². The van der Waals surface area contributed by atoms with Crippen LogP contribution in [0.4, 0.5) is 11.4 Å². The maximum absolute atomic E-state index is 13.3. The highest BCUT2D eigenvalue weighted by Gasteiger charge is 2.25. The summed E-state index contributed by atoms with van der Waals surface area (Å²) < 4.78 is 0. The highest BCUT2D eigenvalue weighted by Crippen LogP contribution is 2.32. The van der Waals surface area contributed by atoms with Gasteiger partial charge in [-0.05, 0) is 73.4 Å². The van der Waals surface area contributed by atoms with E-state index in [4.69, 9.17) is 0 Å². The molecule has 6 heteroatoms. The van der Waals surface area contributed by atoms with Crippen molar-refractivity contribution in [2.45, 2.75) is 26.7 Å². The number of carbonyl (C=O) groups is 2. The number of hydrogen-bond donors (Lipinski definition) is 1. The lowest BCUT2D eigenvalue weighted by atomic mass is 9.96. The molecule has 0 saturated heterocycles. The fourth-order valence-corrected chi connectivity index (χ4v) is 4.52.